The van der Waals surface area contributed by atoms with Gasteiger partial charge in [-0.05, 0) is 128 Å². The number of aromatic nitrogens is 3. The van der Waals surface area contributed by atoms with Crippen molar-refractivity contribution in [2.45, 2.75) is 212 Å². The van der Waals surface area contributed by atoms with Gasteiger partial charge in [-0.15, -0.1) is 0 Å². The van der Waals surface area contributed by atoms with Crippen LogP contribution in [0.3, 0.4) is 0 Å². The van der Waals surface area contributed by atoms with E-state index >= 15 is 0 Å². The first-order chi connectivity index (χ1) is 29.3. The highest BCUT2D eigenvalue weighted by Crippen LogP contribution is 2.27. The van der Waals surface area contributed by atoms with Gasteiger partial charge >= 0.3 is 0 Å². The van der Waals surface area contributed by atoms with Crippen LogP contribution in [-0.4, -0.2) is 15.0 Å². The van der Waals surface area contributed by atoms with Gasteiger partial charge in [0.2, 0.25) is 0 Å². The zero-order chi connectivity index (χ0) is 48.3. The number of nitrogens with zero attached hydrogens (tertiary/aromatic N) is 3. The normalized spacial score (nSPS) is 11.1. The lowest BCUT2D eigenvalue weighted by atomic mass is 9.92. The van der Waals surface area contributed by atoms with Crippen molar-refractivity contribution in [1.82, 2.24) is 15.0 Å². The lowest BCUT2D eigenvalue weighted by Gasteiger charge is -2.14. The van der Waals surface area contributed by atoms with Crippen molar-refractivity contribution in [2.24, 2.45) is 0 Å². The Balaban J connectivity index is 0.000000773. The molecule has 5 aromatic rings. The Morgan fingerprint density at radius 1 is 0.344 bits per heavy atom. The van der Waals surface area contributed by atoms with E-state index in [0.717, 1.165) is 33.6 Å². The molecule has 0 aliphatic rings. The lowest BCUT2D eigenvalue weighted by Crippen LogP contribution is -2.00. The largest absolute Gasteiger partial charge is 0.261 e. The first kappa shape index (κ1) is 59.8. The predicted octanol–water partition coefficient (Wildman–Crippen LogP) is 19.1. The molecule has 0 fully saturated rings. The average molecular weight is 880 g/mol. The minimum atomic E-state index is -0.0683. The third-order valence-corrected chi connectivity index (χ3v) is 11.1. The van der Waals surface area contributed by atoms with Gasteiger partial charge in [0, 0.05) is 30.2 Å². The third kappa shape index (κ3) is 20.7. The van der Waals surface area contributed by atoms with Gasteiger partial charge < -0.3 is 0 Å². The minimum absolute atomic E-state index is 0. The van der Waals surface area contributed by atoms with Crippen molar-refractivity contribution in [3.05, 3.63) is 159 Å². The van der Waals surface area contributed by atoms with Crippen LogP contribution in [0.15, 0.2) is 85.3 Å². The van der Waals surface area contributed by atoms with Crippen LogP contribution >= 0.6 is 0 Å². The van der Waals surface area contributed by atoms with Crippen molar-refractivity contribution >= 4 is 0 Å². The van der Waals surface area contributed by atoms with Gasteiger partial charge in [-0.25, -0.2) is 18.7 Å². The molecule has 2 aromatic heterocycles. The Morgan fingerprint density at radius 3 is 1.05 bits per heavy atom. The van der Waals surface area contributed by atoms with Gasteiger partial charge in [0.15, 0.2) is 0 Å². The molecule has 0 saturated heterocycles. The summed E-state index contributed by atoms with van der Waals surface area (Å²) in [4.78, 5) is 13.0. The van der Waals surface area contributed by atoms with E-state index in [0.29, 0.717) is 47.3 Å². The van der Waals surface area contributed by atoms with Crippen LogP contribution in [0.5, 0.6) is 0 Å². The lowest BCUT2D eigenvalue weighted by molar-refractivity contribution is 0.591. The molecule has 5 rings (SSSR count). The maximum Gasteiger partial charge on any atom is 0.130 e. The summed E-state index contributed by atoms with van der Waals surface area (Å²) in [6, 6.07) is 22.6. The number of hydrogen-bond acceptors (Lipinski definition) is 3. The quantitative estimate of drug-likeness (QED) is 0.140. The molecule has 5 heteroatoms. The van der Waals surface area contributed by atoms with Crippen molar-refractivity contribution in [3.8, 4) is 0 Å². The second-order valence-corrected chi connectivity index (χ2v) is 20.1. The monoisotopic (exact) mass is 880 g/mol. The highest BCUT2D eigenvalue weighted by molar-refractivity contribution is 5.36. The molecule has 0 bridgehead atoms. The van der Waals surface area contributed by atoms with Crippen LogP contribution in [0, 0.1) is 18.6 Å². The molecule has 0 radical (unpaired) electrons. The van der Waals surface area contributed by atoms with Crippen LogP contribution in [0.25, 0.3) is 0 Å². The maximum absolute atomic E-state index is 13.7. The molecule has 356 valence electrons. The van der Waals surface area contributed by atoms with E-state index < -0.39 is 0 Å². The van der Waals surface area contributed by atoms with Crippen molar-refractivity contribution in [2.75, 3.05) is 0 Å². The molecular formula is C59H91F2N3. The molecular weight excluding hydrogens is 789 g/mol. The van der Waals surface area contributed by atoms with Gasteiger partial charge in [0.05, 0.1) is 0 Å². The second-order valence-electron chi connectivity index (χ2n) is 20.1. The molecule has 0 aliphatic heterocycles. The van der Waals surface area contributed by atoms with Gasteiger partial charge in [0.1, 0.15) is 17.5 Å². The summed E-state index contributed by atoms with van der Waals surface area (Å²) in [6.45, 7) is 44.5. The SMILES string of the molecule is C.CC(C)c1ccc(C(C)C)c(F)c1.CC(C)c1ccc(C(C)C)cc1.CC(C)c1ccc(C(C)C)nc1.CC(C)c1cnc(C(C)C)nc1.Cc1cc(C(C)C)cc(F)c1C(C)C. The Bertz CT molecular complexity index is 1770. The summed E-state index contributed by atoms with van der Waals surface area (Å²) in [5, 5.41) is 0. The van der Waals surface area contributed by atoms with Gasteiger partial charge in [-0.1, -0.05) is 194 Å². The Morgan fingerprint density at radius 2 is 0.734 bits per heavy atom. The van der Waals surface area contributed by atoms with Crippen molar-refractivity contribution < 1.29 is 8.78 Å². The van der Waals surface area contributed by atoms with E-state index in [9.17, 15) is 8.78 Å². The zero-order valence-corrected chi connectivity index (χ0v) is 43.5. The fourth-order valence-corrected chi connectivity index (χ4v) is 6.53. The number of pyridine rings is 1. The maximum atomic E-state index is 13.7. The van der Waals surface area contributed by atoms with Crippen molar-refractivity contribution in [3.63, 3.8) is 0 Å². The van der Waals surface area contributed by atoms with E-state index in [1.807, 2.05) is 65.3 Å². The molecule has 0 saturated carbocycles. The summed E-state index contributed by atoms with van der Waals surface area (Å²) >= 11 is 0. The standard InChI is InChI=1S/C13H19F.C12H17F.C12H18.C11H17N.C10H16N2.CH4/c1-8(2)11-6-10(5)13(9(3)4)12(14)7-11;1-8(2)10-5-6-11(9(3)4)12(13)7-10;1-9(2)11-5-7-12(8-6-11)10(3)4;1-8(2)10-5-6-11(9(3)4)12-7-10;1-7(2)9-5-11-10(8(3)4)12-6-9;/h6-9H,1-5H3;5-9H,1-4H3;5-10H,1-4H3;5-9H,1-4H3;5-8H,1-4H3;1H4. The van der Waals surface area contributed by atoms with Crippen LogP contribution in [0.4, 0.5) is 8.78 Å². The summed E-state index contributed by atoms with van der Waals surface area (Å²) in [6.07, 6.45) is 5.83. The molecule has 64 heavy (non-hydrogen) atoms. The Hall–Kier alpha value is -4.25. The fraction of sp³-hybridized carbons (Fsp3) is 0.542. The first-order valence-electron chi connectivity index (χ1n) is 23.7. The summed E-state index contributed by atoms with van der Waals surface area (Å²) < 4.78 is 27.2. The molecule has 3 nitrogen and oxygen atoms in total. The number of aryl methyl sites for hydroxylation is 1. The van der Waals surface area contributed by atoms with E-state index in [-0.39, 0.29) is 30.9 Å². The predicted molar refractivity (Wildman–Crippen MR) is 278 cm³/mol. The molecule has 0 N–H and O–H groups in total. The molecule has 2 heterocycles. The highest BCUT2D eigenvalue weighted by Gasteiger charge is 2.13. The molecule has 0 unspecified atom stereocenters. The Kier molecular flexibility index (Phi) is 27.4. The van der Waals surface area contributed by atoms with Crippen LogP contribution in [0.2, 0.25) is 0 Å². The zero-order valence-electron chi connectivity index (χ0n) is 43.5. The minimum Gasteiger partial charge on any atom is -0.261 e. The number of rotatable bonds is 10. The molecule has 0 atom stereocenters. The van der Waals surface area contributed by atoms with Crippen LogP contribution in [0.1, 0.15) is 267 Å². The molecule has 0 spiro atoms. The second kappa shape index (κ2) is 29.3. The fourth-order valence-electron chi connectivity index (χ4n) is 6.53. The van der Waals surface area contributed by atoms with E-state index in [1.54, 1.807) is 12.1 Å². The van der Waals surface area contributed by atoms with Crippen molar-refractivity contribution in [1.29, 1.82) is 0 Å². The number of hydrogen-bond donors (Lipinski definition) is 0. The van der Waals surface area contributed by atoms with Crippen LogP contribution in [-0.2, 0) is 0 Å². The third-order valence-electron chi connectivity index (χ3n) is 11.1. The Labute approximate surface area is 392 Å². The summed E-state index contributed by atoms with van der Waals surface area (Å²) in [5.41, 5.74) is 11.5. The topological polar surface area (TPSA) is 38.7 Å². The van der Waals surface area contributed by atoms with E-state index in [1.165, 1.54) is 27.9 Å². The first-order valence-corrected chi connectivity index (χ1v) is 23.7. The number of halogens is 2. The summed E-state index contributed by atoms with van der Waals surface area (Å²) in [5.74, 6) is 5.47. The van der Waals surface area contributed by atoms with Gasteiger partial charge in [-0.2, -0.15) is 0 Å². The number of benzene rings is 3. The van der Waals surface area contributed by atoms with Gasteiger partial charge in [-0.3, -0.25) is 4.98 Å². The molecule has 3 aromatic carbocycles. The average Bonchev–Trinajstić information content (AvgIpc) is 3.21. The van der Waals surface area contributed by atoms with E-state index in [4.69, 9.17) is 0 Å². The van der Waals surface area contributed by atoms with E-state index in [2.05, 4.69) is 168 Å². The smallest absolute Gasteiger partial charge is 0.130 e. The van der Waals surface area contributed by atoms with Gasteiger partial charge in [0.25, 0.3) is 0 Å². The van der Waals surface area contributed by atoms with Crippen LogP contribution < -0.4 is 0 Å². The highest BCUT2D eigenvalue weighted by atomic mass is 19.1. The summed E-state index contributed by atoms with van der Waals surface area (Å²) in [7, 11) is 0. The molecule has 0 amide bonds. The molecule has 0 aliphatic carbocycles.